The highest BCUT2D eigenvalue weighted by Gasteiger charge is 2.32. The number of amides is 2. The van der Waals surface area contributed by atoms with Gasteiger partial charge in [0.25, 0.3) is 0 Å². The van der Waals surface area contributed by atoms with Crippen molar-refractivity contribution in [2.45, 2.75) is 57.2 Å². The summed E-state index contributed by atoms with van der Waals surface area (Å²) in [5, 5.41) is 6.01. The lowest BCUT2D eigenvalue weighted by Gasteiger charge is -2.35. The number of nitrogens with zero attached hydrogens (tertiary/aromatic N) is 1. The molecule has 2 amide bonds. The number of rotatable bonds is 7. The van der Waals surface area contributed by atoms with Gasteiger partial charge in [-0.15, -0.1) is 0 Å². The maximum atomic E-state index is 12.6. The summed E-state index contributed by atoms with van der Waals surface area (Å²) >= 11 is 0. The van der Waals surface area contributed by atoms with E-state index in [-0.39, 0.29) is 24.3 Å². The van der Waals surface area contributed by atoms with Gasteiger partial charge in [-0.05, 0) is 18.9 Å². The second-order valence-corrected chi connectivity index (χ2v) is 7.56. The van der Waals surface area contributed by atoms with Crippen molar-refractivity contribution in [1.29, 1.82) is 0 Å². The van der Waals surface area contributed by atoms with E-state index in [2.05, 4.69) is 15.5 Å². The summed E-state index contributed by atoms with van der Waals surface area (Å²) in [6.07, 6.45) is 5.83. The number of piperazine rings is 1. The minimum absolute atomic E-state index is 0.0411. The number of hydrogen-bond acceptors (Lipinski definition) is 5. The zero-order chi connectivity index (χ0) is 19.9. The number of benzene rings is 1. The van der Waals surface area contributed by atoms with Gasteiger partial charge in [-0.25, -0.2) is 0 Å². The van der Waals surface area contributed by atoms with Gasteiger partial charge < -0.3 is 20.1 Å². The molecule has 2 fully saturated rings. The molecule has 28 heavy (non-hydrogen) atoms. The van der Waals surface area contributed by atoms with E-state index in [9.17, 15) is 9.59 Å². The molecule has 2 N–H and O–H groups in total. The van der Waals surface area contributed by atoms with E-state index in [1.54, 1.807) is 14.2 Å². The summed E-state index contributed by atoms with van der Waals surface area (Å²) in [6.45, 7) is 1.82. The topological polar surface area (TPSA) is 79.9 Å². The Morgan fingerprint density at radius 2 is 2.00 bits per heavy atom. The molecule has 1 aliphatic heterocycles. The molecule has 1 aromatic rings. The van der Waals surface area contributed by atoms with Crippen LogP contribution in [-0.2, 0) is 16.1 Å². The summed E-state index contributed by atoms with van der Waals surface area (Å²) < 4.78 is 10.7. The highest BCUT2D eigenvalue weighted by Crippen LogP contribution is 2.27. The molecule has 1 aliphatic carbocycles. The Bertz CT molecular complexity index is 688. The van der Waals surface area contributed by atoms with Crippen molar-refractivity contribution in [1.82, 2.24) is 15.5 Å². The fraction of sp³-hybridized carbons (Fsp3) is 0.619. The number of hydrogen-bond donors (Lipinski definition) is 2. The van der Waals surface area contributed by atoms with E-state index in [1.165, 1.54) is 6.42 Å². The number of carbonyl (C=O) groups excluding carboxylic acids is 2. The Morgan fingerprint density at radius 3 is 2.71 bits per heavy atom. The van der Waals surface area contributed by atoms with Crippen molar-refractivity contribution >= 4 is 11.8 Å². The van der Waals surface area contributed by atoms with Crippen molar-refractivity contribution in [2.75, 3.05) is 27.3 Å². The van der Waals surface area contributed by atoms with Crippen LogP contribution < -0.4 is 20.1 Å². The highest BCUT2D eigenvalue weighted by atomic mass is 16.5. The van der Waals surface area contributed by atoms with E-state index in [0.29, 0.717) is 19.6 Å². The molecule has 7 nitrogen and oxygen atoms in total. The molecule has 0 unspecified atom stereocenters. The van der Waals surface area contributed by atoms with E-state index in [1.807, 2.05) is 18.2 Å². The molecular formula is C21H31N3O4. The van der Waals surface area contributed by atoms with Crippen LogP contribution in [0.5, 0.6) is 11.5 Å². The molecule has 0 spiro atoms. The largest absolute Gasteiger partial charge is 0.497 e. The van der Waals surface area contributed by atoms with Gasteiger partial charge in [0.05, 0.1) is 26.7 Å². The van der Waals surface area contributed by atoms with Gasteiger partial charge in [-0.2, -0.15) is 0 Å². The summed E-state index contributed by atoms with van der Waals surface area (Å²) in [5.41, 5.74) is 0.968. The van der Waals surface area contributed by atoms with Crippen molar-refractivity contribution in [3.05, 3.63) is 23.8 Å². The Hall–Kier alpha value is -2.28. The first-order valence-electron chi connectivity index (χ1n) is 10.1. The lowest BCUT2D eigenvalue weighted by molar-refractivity contribution is -0.134. The fourth-order valence-electron chi connectivity index (χ4n) is 4.08. The first kappa shape index (κ1) is 20.5. The monoisotopic (exact) mass is 389 g/mol. The predicted octanol–water partition coefficient (Wildman–Crippen LogP) is 1.84. The molecule has 7 heteroatoms. The molecule has 3 rings (SSSR count). The Labute approximate surface area is 166 Å². The van der Waals surface area contributed by atoms with Gasteiger partial charge >= 0.3 is 0 Å². The quantitative estimate of drug-likeness (QED) is 0.744. The normalized spacial score (nSPS) is 21.1. The summed E-state index contributed by atoms with van der Waals surface area (Å²) in [7, 11) is 3.24. The van der Waals surface area contributed by atoms with Crippen LogP contribution in [0.25, 0.3) is 0 Å². The third-order valence-corrected chi connectivity index (χ3v) is 5.66. The third-order valence-electron chi connectivity index (χ3n) is 5.66. The maximum absolute atomic E-state index is 12.6. The van der Waals surface area contributed by atoms with Crippen LogP contribution >= 0.6 is 0 Å². The van der Waals surface area contributed by atoms with Crippen molar-refractivity contribution in [2.24, 2.45) is 0 Å². The zero-order valence-corrected chi connectivity index (χ0v) is 16.8. The summed E-state index contributed by atoms with van der Waals surface area (Å²) in [5.74, 6) is 1.31. The molecule has 1 atom stereocenters. The highest BCUT2D eigenvalue weighted by molar-refractivity contribution is 5.88. The first-order chi connectivity index (χ1) is 13.6. The van der Waals surface area contributed by atoms with Gasteiger partial charge in [0.1, 0.15) is 11.5 Å². The van der Waals surface area contributed by atoms with Gasteiger partial charge in [-0.3, -0.25) is 14.5 Å². The molecule has 154 valence electrons. The van der Waals surface area contributed by atoms with E-state index in [4.69, 9.17) is 9.47 Å². The Balaban J connectivity index is 1.66. The standard InChI is InChI=1S/C21H31N3O4/c1-27-17-9-8-15(19(12-17)28-2)14-24-11-10-22-21(26)18(24)13-20(25)23-16-6-4-3-5-7-16/h8-9,12,16,18H,3-7,10-11,13-14H2,1-2H3,(H,22,26)(H,23,25)/t18-/m1/s1. The number of nitrogens with one attached hydrogen (secondary N) is 2. The number of ether oxygens (including phenoxy) is 2. The molecule has 1 aromatic carbocycles. The number of methoxy groups -OCH3 is 2. The van der Waals surface area contributed by atoms with Crippen LogP contribution in [0, 0.1) is 0 Å². The van der Waals surface area contributed by atoms with Crippen LogP contribution in [0.2, 0.25) is 0 Å². The molecule has 0 bridgehead atoms. The Morgan fingerprint density at radius 1 is 1.21 bits per heavy atom. The van der Waals surface area contributed by atoms with Crippen molar-refractivity contribution in [3.63, 3.8) is 0 Å². The van der Waals surface area contributed by atoms with Crippen LogP contribution in [0.15, 0.2) is 18.2 Å². The van der Waals surface area contributed by atoms with Gasteiger partial charge in [0.15, 0.2) is 0 Å². The average Bonchev–Trinajstić information content (AvgIpc) is 2.71. The maximum Gasteiger partial charge on any atom is 0.237 e. The zero-order valence-electron chi connectivity index (χ0n) is 16.8. The lowest BCUT2D eigenvalue weighted by Crippen LogP contribution is -2.56. The smallest absolute Gasteiger partial charge is 0.237 e. The molecule has 0 aromatic heterocycles. The first-order valence-corrected chi connectivity index (χ1v) is 10.1. The average molecular weight is 389 g/mol. The molecule has 1 saturated carbocycles. The molecule has 1 saturated heterocycles. The van der Waals surface area contributed by atoms with Crippen LogP contribution in [0.1, 0.15) is 44.1 Å². The predicted molar refractivity (Wildman–Crippen MR) is 106 cm³/mol. The second kappa shape index (κ2) is 9.78. The molecule has 2 aliphatic rings. The van der Waals surface area contributed by atoms with Crippen LogP contribution in [-0.4, -0.2) is 56.1 Å². The SMILES string of the molecule is COc1ccc(CN2CCNC(=O)[C@H]2CC(=O)NC2CCCCC2)c(OC)c1. The lowest BCUT2D eigenvalue weighted by atomic mass is 9.95. The van der Waals surface area contributed by atoms with Gasteiger partial charge in [-0.1, -0.05) is 25.3 Å². The molecular weight excluding hydrogens is 358 g/mol. The fourth-order valence-corrected chi connectivity index (χ4v) is 4.08. The second-order valence-electron chi connectivity index (χ2n) is 7.56. The van der Waals surface area contributed by atoms with E-state index in [0.717, 1.165) is 42.7 Å². The van der Waals surface area contributed by atoms with Crippen LogP contribution in [0.4, 0.5) is 0 Å². The molecule has 1 heterocycles. The van der Waals surface area contributed by atoms with Crippen molar-refractivity contribution < 1.29 is 19.1 Å². The summed E-state index contributed by atoms with van der Waals surface area (Å²) in [6, 6.07) is 5.45. The minimum Gasteiger partial charge on any atom is -0.497 e. The minimum atomic E-state index is -0.468. The van der Waals surface area contributed by atoms with Gasteiger partial charge in [0, 0.05) is 37.3 Å². The van der Waals surface area contributed by atoms with E-state index < -0.39 is 6.04 Å². The molecule has 0 radical (unpaired) electrons. The van der Waals surface area contributed by atoms with Crippen molar-refractivity contribution in [3.8, 4) is 11.5 Å². The Kier molecular flexibility index (Phi) is 7.14. The third kappa shape index (κ3) is 5.16. The van der Waals surface area contributed by atoms with Gasteiger partial charge in [0.2, 0.25) is 11.8 Å². The van der Waals surface area contributed by atoms with E-state index >= 15 is 0 Å². The summed E-state index contributed by atoms with van der Waals surface area (Å²) in [4.78, 5) is 27.1. The number of carbonyl (C=O) groups is 2. The van der Waals surface area contributed by atoms with Crippen LogP contribution in [0.3, 0.4) is 0 Å².